The minimum absolute atomic E-state index is 0.0400. The first kappa shape index (κ1) is 14.5. The standard InChI is InChI=1S/C12H22N4O2S/c1-8-4-3-5-10(8)7-14-19(17,18)12-11(6-13)9(2)15-16-12/h8,10,14H,3-7,13H2,1-2H3,(H,15,16). The molecule has 19 heavy (non-hydrogen) atoms. The second-order valence-electron chi connectivity index (χ2n) is 5.36. The van der Waals surface area contributed by atoms with Crippen LogP contribution < -0.4 is 10.5 Å². The van der Waals surface area contributed by atoms with E-state index in [9.17, 15) is 8.42 Å². The van der Waals surface area contributed by atoms with Gasteiger partial charge in [0.15, 0.2) is 5.03 Å². The van der Waals surface area contributed by atoms with Crippen LogP contribution in [0.1, 0.15) is 37.4 Å². The first-order valence-electron chi connectivity index (χ1n) is 6.69. The van der Waals surface area contributed by atoms with Crippen molar-refractivity contribution in [2.24, 2.45) is 17.6 Å². The van der Waals surface area contributed by atoms with Gasteiger partial charge in [0.2, 0.25) is 0 Å². The monoisotopic (exact) mass is 286 g/mol. The Morgan fingerprint density at radius 3 is 2.79 bits per heavy atom. The summed E-state index contributed by atoms with van der Waals surface area (Å²) >= 11 is 0. The smallest absolute Gasteiger partial charge is 0.260 e. The molecule has 4 N–H and O–H groups in total. The zero-order valence-electron chi connectivity index (χ0n) is 11.4. The van der Waals surface area contributed by atoms with E-state index in [0.717, 1.165) is 6.42 Å². The zero-order valence-corrected chi connectivity index (χ0v) is 12.3. The molecule has 1 heterocycles. The fourth-order valence-corrected chi connectivity index (χ4v) is 4.00. The molecule has 2 rings (SSSR count). The first-order valence-corrected chi connectivity index (χ1v) is 8.17. The van der Waals surface area contributed by atoms with E-state index in [0.29, 0.717) is 29.6 Å². The summed E-state index contributed by atoms with van der Waals surface area (Å²) in [5.74, 6) is 1.01. The quantitative estimate of drug-likeness (QED) is 0.748. The first-order chi connectivity index (χ1) is 8.95. The highest BCUT2D eigenvalue weighted by atomic mass is 32.2. The van der Waals surface area contributed by atoms with Gasteiger partial charge in [-0.2, -0.15) is 5.10 Å². The van der Waals surface area contributed by atoms with E-state index < -0.39 is 10.0 Å². The van der Waals surface area contributed by atoms with Gasteiger partial charge in [-0.1, -0.05) is 19.8 Å². The molecule has 0 aliphatic heterocycles. The van der Waals surface area contributed by atoms with Crippen molar-refractivity contribution in [2.75, 3.05) is 6.54 Å². The van der Waals surface area contributed by atoms with Crippen LogP contribution in [0, 0.1) is 18.8 Å². The van der Waals surface area contributed by atoms with Gasteiger partial charge in [0.05, 0.1) is 0 Å². The van der Waals surface area contributed by atoms with Gasteiger partial charge < -0.3 is 5.73 Å². The van der Waals surface area contributed by atoms with E-state index in [4.69, 9.17) is 5.73 Å². The van der Waals surface area contributed by atoms with Crippen LogP contribution in [0.3, 0.4) is 0 Å². The van der Waals surface area contributed by atoms with E-state index in [1.165, 1.54) is 12.8 Å². The normalized spacial score (nSPS) is 23.9. The van der Waals surface area contributed by atoms with Crippen LogP contribution in [0.4, 0.5) is 0 Å². The third-order valence-corrected chi connectivity index (χ3v) is 5.46. The molecule has 1 aromatic heterocycles. The second-order valence-corrected chi connectivity index (χ2v) is 7.04. The van der Waals surface area contributed by atoms with Crippen molar-refractivity contribution >= 4 is 10.0 Å². The van der Waals surface area contributed by atoms with Crippen LogP contribution in [0.2, 0.25) is 0 Å². The number of aromatic nitrogens is 2. The number of nitrogens with one attached hydrogen (secondary N) is 2. The number of hydrogen-bond acceptors (Lipinski definition) is 4. The third-order valence-electron chi connectivity index (χ3n) is 4.07. The minimum atomic E-state index is -3.57. The SMILES string of the molecule is Cc1[nH]nc(S(=O)(=O)NCC2CCCC2C)c1CN. The molecule has 0 radical (unpaired) electrons. The van der Waals surface area contributed by atoms with Crippen molar-refractivity contribution < 1.29 is 8.42 Å². The molecule has 1 aliphatic carbocycles. The summed E-state index contributed by atoms with van der Waals surface area (Å²) < 4.78 is 27.1. The van der Waals surface area contributed by atoms with Gasteiger partial charge >= 0.3 is 0 Å². The molecule has 2 unspecified atom stereocenters. The fraction of sp³-hybridized carbons (Fsp3) is 0.750. The van der Waals surface area contributed by atoms with Crippen LogP contribution in [-0.2, 0) is 16.6 Å². The number of nitrogens with zero attached hydrogens (tertiary/aromatic N) is 1. The van der Waals surface area contributed by atoms with Gasteiger partial charge in [-0.25, -0.2) is 13.1 Å². The molecule has 108 valence electrons. The van der Waals surface area contributed by atoms with E-state index in [-0.39, 0.29) is 11.6 Å². The summed E-state index contributed by atoms with van der Waals surface area (Å²) in [4.78, 5) is 0. The summed E-state index contributed by atoms with van der Waals surface area (Å²) in [6.07, 6.45) is 3.46. The lowest BCUT2D eigenvalue weighted by atomic mass is 9.99. The van der Waals surface area contributed by atoms with E-state index in [1.54, 1.807) is 6.92 Å². The molecule has 1 saturated carbocycles. The number of rotatable bonds is 5. The third kappa shape index (κ3) is 2.98. The molecule has 1 fully saturated rings. The van der Waals surface area contributed by atoms with Gasteiger partial charge in [-0.3, -0.25) is 5.10 Å². The van der Waals surface area contributed by atoms with E-state index in [1.807, 2.05) is 0 Å². The van der Waals surface area contributed by atoms with Gasteiger partial charge in [-0.05, 0) is 25.2 Å². The maximum Gasteiger partial charge on any atom is 0.260 e. The summed E-state index contributed by atoms with van der Waals surface area (Å²) in [6, 6.07) is 0. The van der Waals surface area contributed by atoms with Crippen molar-refractivity contribution in [3.8, 4) is 0 Å². The number of aryl methyl sites for hydroxylation is 1. The summed E-state index contributed by atoms with van der Waals surface area (Å²) in [6.45, 7) is 4.60. The number of sulfonamides is 1. The van der Waals surface area contributed by atoms with Gasteiger partial charge in [-0.15, -0.1) is 0 Å². The van der Waals surface area contributed by atoms with Crippen LogP contribution in [0.15, 0.2) is 5.03 Å². The van der Waals surface area contributed by atoms with Crippen molar-refractivity contribution in [1.29, 1.82) is 0 Å². The second kappa shape index (κ2) is 5.60. The number of aromatic amines is 1. The number of nitrogens with two attached hydrogens (primary N) is 1. The average molecular weight is 286 g/mol. The molecule has 1 aromatic rings. The Labute approximate surface area is 114 Å². The number of hydrogen-bond donors (Lipinski definition) is 3. The Balaban J connectivity index is 2.09. The Kier molecular flexibility index (Phi) is 4.27. The molecule has 6 nitrogen and oxygen atoms in total. The predicted molar refractivity (Wildman–Crippen MR) is 72.9 cm³/mol. The minimum Gasteiger partial charge on any atom is -0.326 e. The largest absolute Gasteiger partial charge is 0.326 e. The molecular weight excluding hydrogens is 264 g/mol. The number of H-pyrrole nitrogens is 1. The van der Waals surface area contributed by atoms with Gasteiger partial charge in [0.25, 0.3) is 10.0 Å². The van der Waals surface area contributed by atoms with E-state index >= 15 is 0 Å². The summed E-state index contributed by atoms with van der Waals surface area (Å²) in [5, 5.41) is 6.59. The van der Waals surface area contributed by atoms with Crippen LogP contribution in [0.5, 0.6) is 0 Å². The van der Waals surface area contributed by atoms with Crippen LogP contribution in [0.25, 0.3) is 0 Å². The van der Waals surface area contributed by atoms with Crippen LogP contribution >= 0.6 is 0 Å². The Bertz CT molecular complexity index is 538. The maximum absolute atomic E-state index is 12.2. The van der Waals surface area contributed by atoms with Crippen LogP contribution in [-0.4, -0.2) is 25.2 Å². The van der Waals surface area contributed by atoms with Crippen molar-refractivity contribution in [2.45, 2.75) is 44.7 Å². The Morgan fingerprint density at radius 1 is 1.47 bits per heavy atom. The molecule has 0 amide bonds. The molecule has 2 atom stereocenters. The maximum atomic E-state index is 12.2. The summed E-state index contributed by atoms with van der Waals surface area (Å²) in [5.41, 5.74) is 6.85. The highest BCUT2D eigenvalue weighted by molar-refractivity contribution is 7.89. The molecule has 0 spiro atoms. The molecule has 0 bridgehead atoms. The highest BCUT2D eigenvalue weighted by Crippen LogP contribution is 2.30. The molecular formula is C12H22N4O2S. The van der Waals surface area contributed by atoms with Crippen molar-refractivity contribution in [3.05, 3.63) is 11.3 Å². The fourth-order valence-electron chi connectivity index (χ4n) is 2.70. The average Bonchev–Trinajstić information content (AvgIpc) is 2.93. The lowest BCUT2D eigenvalue weighted by molar-refractivity contribution is 0.414. The zero-order chi connectivity index (χ0) is 14.0. The predicted octanol–water partition coefficient (Wildman–Crippen LogP) is 0.891. The van der Waals surface area contributed by atoms with Gasteiger partial charge in [0.1, 0.15) is 0 Å². The summed E-state index contributed by atoms with van der Waals surface area (Å²) in [7, 11) is -3.57. The van der Waals surface area contributed by atoms with E-state index in [2.05, 4.69) is 21.8 Å². The lowest BCUT2D eigenvalue weighted by Crippen LogP contribution is -2.31. The Morgan fingerprint density at radius 2 is 2.21 bits per heavy atom. The highest BCUT2D eigenvalue weighted by Gasteiger charge is 2.27. The Hall–Kier alpha value is -0.920. The van der Waals surface area contributed by atoms with Crippen molar-refractivity contribution in [3.63, 3.8) is 0 Å². The molecule has 0 aromatic carbocycles. The lowest BCUT2D eigenvalue weighted by Gasteiger charge is -2.15. The molecule has 0 saturated heterocycles. The molecule has 1 aliphatic rings. The van der Waals surface area contributed by atoms with Gasteiger partial charge in [0, 0.05) is 24.3 Å². The topological polar surface area (TPSA) is 101 Å². The molecule has 7 heteroatoms. The van der Waals surface area contributed by atoms with Crippen molar-refractivity contribution in [1.82, 2.24) is 14.9 Å².